The van der Waals surface area contributed by atoms with Crippen molar-refractivity contribution in [1.29, 1.82) is 0 Å². The van der Waals surface area contributed by atoms with E-state index in [1.807, 2.05) is 6.92 Å². The zero-order valence-electron chi connectivity index (χ0n) is 7.65. The first kappa shape index (κ1) is 10.6. The number of nitrogens with one attached hydrogen (secondary N) is 2. The lowest BCUT2D eigenvalue weighted by Gasteiger charge is -2.08. The molecule has 0 atom stereocenters. The second-order valence-electron chi connectivity index (χ2n) is 2.44. The molecule has 0 heterocycles. The lowest BCUT2D eigenvalue weighted by molar-refractivity contribution is 0.898. The highest BCUT2D eigenvalue weighted by Crippen LogP contribution is 1.80. The van der Waals surface area contributed by atoms with E-state index in [0.717, 1.165) is 5.57 Å². The van der Waals surface area contributed by atoms with E-state index in [0.29, 0.717) is 19.0 Å². The van der Waals surface area contributed by atoms with Crippen LogP contribution in [0.4, 0.5) is 0 Å². The molecule has 0 aromatic carbocycles. The third-order valence-electron chi connectivity index (χ3n) is 1.14. The summed E-state index contributed by atoms with van der Waals surface area (Å²) in [5, 5.41) is 5.98. The Bertz CT molecular complexity index is 210. The van der Waals surface area contributed by atoms with Gasteiger partial charge in [0.15, 0.2) is 5.96 Å². The van der Waals surface area contributed by atoms with Crippen LogP contribution in [0.1, 0.15) is 6.92 Å². The summed E-state index contributed by atoms with van der Waals surface area (Å²) in [6.45, 7) is 6.90. The standard InChI is InChI=1S/C9H15N3/c1-5-6-11-9(10-4)12-7-8(2)3/h1H,2,6-7H2,3-4H3,(H2,10,11,12). The molecule has 0 bridgehead atoms. The first-order chi connectivity index (χ1) is 5.70. The van der Waals surface area contributed by atoms with Crippen LogP contribution in [0.25, 0.3) is 0 Å². The lowest BCUT2D eigenvalue weighted by Crippen LogP contribution is -2.38. The van der Waals surface area contributed by atoms with E-state index in [1.54, 1.807) is 7.05 Å². The van der Waals surface area contributed by atoms with E-state index in [4.69, 9.17) is 6.42 Å². The molecule has 0 radical (unpaired) electrons. The highest BCUT2D eigenvalue weighted by Gasteiger charge is 1.92. The van der Waals surface area contributed by atoms with Crippen molar-refractivity contribution in [1.82, 2.24) is 10.6 Å². The van der Waals surface area contributed by atoms with Gasteiger partial charge in [-0.2, -0.15) is 0 Å². The van der Waals surface area contributed by atoms with Crippen molar-refractivity contribution < 1.29 is 0 Å². The second kappa shape index (κ2) is 6.29. The fourth-order valence-electron chi connectivity index (χ4n) is 0.590. The van der Waals surface area contributed by atoms with Gasteiger partial charge in [-0.15, -0.1) is 6.42 Å². The Morgan fingerprint density at radius 1 is 1.58 bits per heavy atom. The molecule has 0 spiro atoms. The van der Waals surface area contributed by atoms with Gasteiger partial charge in [0, 0.05) is 13.6 Å². The lowest BCUT2D eigenvalue weighted by atomic mass is 10.3. The molecular formula is C9H15N3. The molecule has 0 rings (SSSR count). The minimum absolute atomic E-state index is 0.482. The van der Waals surface area contributed by atoms with Gasteiger partial charge in [0.25, 0.3) is 0 Å². The quantitative estimate of drug-likeness (QED) is 0.274. The van der Waals surface area contributed by atoms with Crippen molar-refractivity contribution >= 4 is 5.96 Å². The van der Waals surface area contributed by atoms with Crippen molar-refractivity contribution in [2.24, 2.45) is 4.99 Å². The minimum Gasteiger partial charge on any atom is -0.353 e. The summed E-state index contributed by atoms with van der Waals surface area (Å²) in [5.74, 6) is 3.17. The number of hydrogen-bond donors (Lipinski definition) is 2. The van der Waals surface area contributed by atoms with Gasteiger partial charge >= 0.3 is 0 Å². The van der Waals surface area contributed by atoms with Crippen LogP contribution in [0, 0.1) is 12.3 Å². The Balaban J connectivity index is 3.71. The molecule has 0 aromatic rings. The molecule has 0 aliphatic carbocycles. The Hall–Kier alpha value is -1.43. The Kier molecular flexibility index (Phi) is 5.54. The van der Waals surface area contributed by atoms with Crippen molar-refractivity contribution in [3.8, 4) is 12.3 Å². The summed E-state index contributed by atoms with van der Waals surface area (Å²) in [4.78, 5) is 3.96. The number of nitrogens with zero attached hydrogens (tertiary/aromatic N) is 1. The van der Waals surface area contributed by atoms with Crippen LogP contribution in [0.5, 0.6) is 0 Å². The molecule has 0 amide bonds. The molecule has 0 aliphatic rings. The second-order valence-corrected chi connectivity index (χ2v) is 2.44. The molecule has 0 fully saturated rings. The first-order valence-corrected chi connectivity index (χ1v) is 3.73. The van der Waals surface area contributed by atoms with Crippen molar-refractivity contribution in [3.63, 3.8) is 0 Å². The van der Waals surface area contributed by atoms with Crippen molar-refractivity contribution in [2.45, 2.75) is 6.92 Å². The smallest absolute Gasteiger partial charge is 0.192 e. The minimum atomic E-state index is 0.482. The molecule has 66 valence electrons. The zero-order chi connectivity index (χ0) is 9.40. The van der Waals surface area contributed by atoms with E-state index in [2.05, 4.69) is 28.1 Å². The Morgan fingerprint density at radius 3 is 2.67 bits per heavy atom. The third-order valence-corrected chi connectivity index (χ3v) is 1.14. The molecule has 2 N–H and O–H groups in total. The molecule has 3 nitrogen and oxygen atoms in total. The number of terminal acetylenes is 1. The molecular weight excluding hydrogens is 150 g/mol. The van der Waals surface area contributed by atoms with E-state index in [-0.39, 0.29) is 0 Å². The van der Waals surface area contributed by atoms with Gasteiger partial charge in [-0.25, -0.2) is 0 Å². The van der Waals surface area contributed by atoms with Crippen molar-refractivity contribution in [3.05, 3.63) is 12.2 Å². The van der Waals surface area contributed by atoms with Crippen LogP contribution in [-0.2, 0) is 0 Å². The molecule has 0 saturated carbocycles. The topological polar surface area (TPSA) is 36.4 Å². The summed E-state index contributed by atoms with van der Waals surface area (Å²) < 4.78 is 0. The van der Waals surface area contributed by atoms with Crippen LogP contribution in [-0.4, -0.2) is 26.1 Å². The van der Waals surface area contributed by atoms with Gasteiger partial charge in [0.05, 0.1) is 6.54 Å². The molecule has 3 heteroatoms. The molecule has 0 aromatic heterocycles. The van der Waals surface area contributed by atoms with Crippen LogP contribution in [0.15, 0.2) is 17.1 Å². The van der Waals surface area contributed by atoms with Crippen molar-refractivity contribution in [2.75, 3.05) is 20.1 Å². The van der Waals surface area contributed by atoms with Gasteiger partial charge in [-0.3, -0.25) is 4.99 Å². The van der Waals surface area contributed by atoms with Gasteiger partial charge in [-0.05, 0) is 6.92 Å². The summed E-state index contributed by atoms with van der Waals surface area (Å²) >= 11 is 0. The number of rotatable bonds is 3. The van der Waals surface area contributed by atoms with E-state index < -0.39 is 0 Å². The van der Waals surface area contributed by atoms with E-state index >= 15 is 0 Å². The van der Waals surface area contributed by atoms with Gasteiger partial charge in [0.2, 0.25) is 0 Å². The molecule has 0 saturated heterocycles. The molecule has 0 unspecified atom stereocenters. The van der Waals surface area contributed by atoms with Crippen LogP contribution < -0.4 is 10.6 Å². The van der Waals surface area contributed by atoms with Crippen LogP contribution in [0.2, 0.25) is 0 Å². The first-order valence-electron chi connectivity index (χ1n) is 3.73. The molecule has 12 heavy (non-hydrogen) atoms. The maximum atomic E-state index is 5.07. The Labute approximate surface area is 74.0 Å². The highest BCUT2D eigenvalue weighted by molar-refractivity contribution is 5.80. The molecule has 0 aliphatic heterocycles. The van der Waals surface area contributed by atoms with Gasteiger partial charge in [0.1, 0.15) is 0 Å². The average Bonchev–Trinajstić information content (AvgIpc) is 2.05. The number of guanidine groups is 1. The van der Waals surface area contributed by atoms with E-state index in [9.17, 15) is 0 Å². The summed E-state index contributed by atoms with van der Waals surface area (Å²) in [6, 6.07) is 0. The van der Waals surface area contributed by atoms with Gasteiger partial charge < -0.3 is 10.6 Å². The SMILES string of the molecule is C#CCNC(=NC)NCC(=C)C. The fourth-order valence-corrected chi connectivity index (χ4v) is 0.590. The fraction of sp³-hybridized carbons (Fsp3) is 0.444. The van der Waals surface area contributed by atoms with Crippen LogP contribution in [0.3, 0.4) is 0 Å². The summed E-state index contributed by atoms with van der Waals surface area (Å²) in [6.07, 6.45) is 5.07. The maximum Gasteiger partial charge on any atom is 0.192 e. The predicted octanol–water partition coefficient (Wildman–Crippen LogP) is 0.361. The van der Waals surface area contributed by atoms with Gasteiger partial charge in [-0.1, -0.05) is 18.1 Å². The van der Waals surface area contributed by atoms with Crippen LogP contribution >= 0.6 is 0 Å². The maximum absolute atomic E-state index is 5.07. The zero-order valence-corrected chi connectivity index (χ0v) is 7.65. The average molecular weight is 165 g/mol. The van der Waals surface area contributed by atoms with E-state index in [1.165, 1.54) is 0 Å². The largest absolute Gasteiger partial charge is 0.353 e. The number of aliphatic imine (C=N–C) groups is 1. The Morgan fingerprint density at radius 2 is 2.25 bits per heavy atom. The summed E-state index contributed by atoms with van der Waals surface area (Å²) in [5.41, 5.74) is 1.05. The summed E-state index contributed by atoms with van der Waals surface area (Å²) in [7, 11) is 1.70. The highest BCUT2D eigenvalue weighted by atomic mass is 15.2. The normalized spacial score (nSPS) is 10.2. The predicted molar refractivity (Wildman–Crippen MR) is 53.0 cm³/mol. The number of hydrogen-bond acceptors (Lipinski definition) is 1. The third kappa shape index (κ3) is 5.36. The monoisotopic (exact) mass is 165 g/mol.